The number of nitrogens with zero attached hydrogens (tertiary/aromatic N) is 2. The molecule has 0 saturated heterocycles. The summed E-state index contributed by atoms with van der Waals surface area (Å²) in [7, 11) is 1.42. The van der Waals surface area contributed by atoms with Crippen LogP contribution in [0, 0.1) is 0 Å². The average molecular weight is 419 g/mol. The third kappa shape index (κ3) is 5.19. The summed E-state index contributed by atoms with van der Waals surface area (Å²) in [6.45, 7) is 4.30. The minimum atomic E-state index is -4.23. The number of carbonyl (C=O) groups is 1. The normalized spacial score (nSPS) is 11.5. The van der Waals surface area contributed by atoms with Gasteiger partial charge in [0.1, 0.15) is 10.8 Å². The highest BCUT2D eigenvalue weighted by Crippen LogP contribution is 2.38. The Morgan fingerprint density at radius 3 is 2.57 bits per heavy atom. The molecular weight excluding hydrogens is 397 g/mol. The van der Waals surface area contributed by atoms with Crippen molar-refractivity contribution in [3.05, 3.63) is 34.5 Å². The minimum Gasteiger partial charge on any atom is -0.496 e. The molecule has 0 bridgehead atoms. The molecule has 9 heteroatoms. The Morgan fingerprint density at radius 2 is 2.00 bits per heavy atom. The molecule has 0 aliphatic heterocycles. The van der Waals surface area contributed by atoms with Gasteiger partial charge >= 0.3 is 12.1 Å². The molecule has 0 amide bonds. The van der Waals surface area contributed by atoms with E-state index in [1.54, 1.807) is 29.8 Å². The number of methoxy groups -OCH3 is 1. The molecule has 1 aromatic carbocycles. The first kappa shape index (κ1) is 22.1. The Balaban J connectivity index is 2.49. The van der Waals surface area contributed by atoms with Crippen LogP contribution in [0.4, 0.5) is 13.2 Å². The summed E-state index contributed by atoms with van der Waals surface area (Å²) in [5.41, 5.74) is 1.49. The third-order valence-corrected chi connectivity index (χ3v) is 4.38. The van der Waals surface area contributed by atoms with Crippen molar-refractivity contribution in [3.8, 4) is 17.0 Å². The van der Waals surface area contributed by atoms with Crippen molar-refractivity contribution in [2.75, 3.05) is 13.7 Å². The van der Waals surface area contributed by atoms with Crippen LogP contribution in [-0.2, 0) is 17.7 Å². The summed E-state index contributed by atoms with van der Waals surface area (Å²) in [6, 6.07) is 4.77. The molecule has 0 N–H and O–H groups in total. The Kier molecular flexibility index (Phi) is 7.35. The largest absolute Gasteiger partial charge is 0.496 e. The molecule has 0 saturated carbocycles. The molecule has 28 heavy (non-hydrogen) atoms. The van der Waals surface area contributed by atoms with Crippen LogP contribution < -0.4 is 4.74 Å². The van der Waals surface area contributed by atoms with E-state index < -0.39 is 18.6 Å². The highest BCUT2D eigenvalue weighted by atomic mass is 35.5. The highest BCUT2D eigenvalue weighted by Gasteiger charge is 2.28. The van der Waals surface area contributed by atoms with Gasteiger partial charge in [0.05, 0.1) is 19.4 Å². The van der Waals surface area contributed by atoms with Crippen LogP contribution in [0.5, 0.6) is 5.75 Å². The number of halogens is 4. The Bertz CT molecular complexity index is 835. The van der Waals surface area contributed by atoms with Gasteiger partial charge in [0.15, 0.2) is 5.69 Å². The van der Waals surface area contributed by atoms with Crippen LogP contribution in [0.3, 0.4) is 0 Å². The second-order valence-electron chi connectivity index (χ2n) is 6.10. The van der Waals surface area contributed by atoms with Gasteiger partial charge in [-0.05, 0) is 37.5 Å². The average Bonchev–Trinajstić information content (AvgIpc) is 2.96. The molecule has 0 radical (unpaired) electrons. The minimum absolute atomic E-state index is 0.00447. The zero-order valence-electron chi connectivity index (χ0n) is 15.9. The van der Waals surface area contributed by atoms with Gasteiger partial charge in [-0.2, -0.15) is 18.3 Å². The van der Waals surface area contributed by atoms with E-state index in [4.69, 9.17) is 21.1 Å². The lowest BCUT2D eigenvalue weighted by atomic mass is 10.0. The number of hydrogen-bond donors (Lipinski definition) is 0. The number of ether oxygens (including phenoxy) is 2. The molecule has 0 atom stereocenters. The fraction of sp³-hybridized carbons (Fsp3) is 0.474. The van der Waals surface area contributed by atoms with Crippen molar-refractivity contribution < 1.29 is 27.4 Å². The summed E-state index contributed by atoms with van der Waals surface area (Å²) in [5.74, 6) is -0.279. The quantitative estimate of drug-likeness (QED) is 0.546. The van der Waals surface area contributed by atoms with Crippen molar-refractivity contribution in [2.24, 2.45) is 0 Å². The molecule has 5 nitrogen and oxygen atoms in total. The van der Waals surface area contributed by atoms with Gasteiger partial charge < -0.3 is 9.47 Å². The maximum atomic E-state index is 12.5. The first-order valence-corrected chi connectivity index (χ1v) is 9.27. The van der Waals surface area contributed by atoms with E-state index in [9.17, 15) is 18.0 Å². The predicted molar refractivity (Wildman–Crippen MR) is 99.8 cm³/mol. The van der Waals surface area contributed by atoms with Gasteiger partial charge in [-0.3, -0.25) is 4.68 Å². The van der Waals surface area contributed by atoms with E-state index in [-0.39, 0.29) is 23.7 Å². The monoisotopic (exact) mass is 418 g/mol. The van der Waals surface area contributed by atoms with Gasteiger partial charge in [0.25, 0.3) is 0 Å². The molecule has 1 heterocycles. The predicted octanol–water partition coefficient (Wildman–Crippen LogP) is 5.29. The number of esters is 1. The smallest absolute Gasteiger partial charge is 0.389 e. The Labute approximate surface area is 166 Å². The van der Waals surface area contributed by atoms with Crippen LogP contribution in [0.25, 0.3) is 11.3 Å². The molecule has 0 spiro atoms. The van der Waals surface area contributed by atoms with Crippen molar-refractivity contribution in [1.29, 1.82) is 0 Å². The fourth-order valence-corrected chi connectivity index (χ4v) is 3.09. The van der Waals surface area contributed by atoms with Crippen LogP contribution in [0.2, 0.25) is 5.02 Å². The van der Waals surface area contributed by atoms with Gasteiger partial charge in [0, 0.05) is 18.5 Å². The maximum absolute atomic E-state index is 12.5. The summed E-state index contributed by atoms with van der Waals surface area (Å²) in [4.78, 5) is 12.1. The molecule has 1 aromatic heterocycles. The van der Waals surface area contributed by atoms with Gasteiger partial charge in [-0.25, -0.2) is 4.79 Å². The van der Waals surface area contributed by atoms with Crippen LogP contribution in [0.1, 0.15) is 42.7 Å². The van der Waals surface area contributed by atoms with Gasteiger partial charge in [-0.15, -0.1) is 0 Å². The van der Waals surface area contributed by atoms with Crippen molar-refractivity contribution in [2.45, 2.75) is 45.8 Å². The number of aryl methyl sites for hydroxylation is 2. The molecule has 0 fully saturated rings. The van der Waals surface area contributed by atoms with Crippen LogP contribution in [-0.4, -0.2) is 35.6 Å². The molecule has 0 aliphatic carbocycles. The third-order valence-electron chi connectivity index (χ3n) is 4.02. The number of benzene rings is 1. The molecular formula is C19H22ClF3N2O3. The zero-order valence-corrected chi connectivity index (χ0v) is 16.7. The number of aromatic nitrogens is 2. The van der Waals surface area contributed by atoms with Gasteiger partial charge in [0.2, 0.25) is 0 Å². The maximum Gasteiger partial charge on any atom is 0.389 e. The van der Waals surface area contributed by atoms with E-state index in [0.717, 1.165) is 6.42 Å². The number of rotatable bonds is 8. The van der Waals surface area contributed by atoms with Crippen molar-refractivity contribution in [3.63, 3.8) is 0 Å². The van der Waals surface area contributed by atoms with E-state index in [1.165, 1.54) is 7.11 Å². The lowest BCUT2D eigenvalue weighted by Crippen LogP contribution is -2.09. The molecule has 0 unspecified atom stereocenters. The lowest BCUT2D eigenvalue weighted by Gasteiger charge is -2.13. The topological polar surface area (TPSA) is 53.4 Å². The molecule has 0 aliphatic rings. The second kappa shape index (κ2) is 9.32. The van der Waals surface area contributed by atoms with E-state index in [1.807, 2.05) is 6.92 Å². The SMILES string of the molecule is CCCn1nc(C(=O)OCC)c(Cl)c1-c1ccc(CCC(F)(F)F)cc1OC. The Morgan fingerprint density at radius 1 is 1.29 bits per heavy atom. The summed E-state index contributed by atoms with van der Waals surface area (Å²) >= 11 is 6.43. The van der Waals surface area contributed by atoms with E-state index in [2.05, 4.69) is 5.10 Å². The standard InChI is InChI=1S/C19H22ClF3N2O3/c1-4-10-25-17(15(20)16(24-25)18(26)28-5-2)13-7-6-12(11-14(13)27-3)8-9-19(21,22)23/h6-7,11H,4-5,8-10H2,1-3H3. The van der Waals surface area contributed by atoms with Gasteiger partial charge in [-0.1, -0.05) is 24.6 Å². The molecule has 2 aromatic rings. The first-order valence-electron chi connectivity index (χ1n) is 8.89. The lowest BCUT2D eigenvalue weighted by molar-refractivity contribution is -0.134. The van der Waals surface area contributed by atoms with Crippen molar-refractivity contribution in [1.82, 2.24) is 9.78 Å². The first-order chi connectivity index (χ1) is 13.2. The highest BCUT2D eigenvalue weighted by molar-refractivity contribution is 6.36. The molecule has 2 rings (SSSR count). The molecule has 154 valence electrons. The summed E-state index contributed by atoms with van der Waals surface area (Å²) in [6.07, 6.45) is -4.57. The van der Waals surface area contributed by atoms with Crippen molar-refractivity contribution >= 4 is 17.6 Å². The number of hydrogen-bond acceptors (Lipinski definition) is 4. The fourth-order valence-electron chi connectivity index (χ4n) is 2.77. The summed E-state index contributed by atoms with van der Waals surface area (Å²) in [5, 5.41) is 4.39. The van der Waals surface area contributed by atoms with Crippen LogP contribution >= 0.6 is 11.6 Å². The van der Waals surface area contributed by atoms with E-state index in [0.29, 0.717) is 29.1 Å². The summed E-state index contributed by atoms with van der Waals surface area (Å²) < 4.78 is 49.4. The number of carbonyl (C=O) groups excluding carboxylic acids is 1. The Hall–Kier alpha value is -2.22. The zero-order chi connectivity index (χ0) is 20.9. The van der Waals surface area contributed by atoms with Crippen LogP contribution in [0.15, 0.2) is 18.2 Å². The number of alkyl halides is 3. The van der Waals surface area contributed by atoms with E-state index >= 15 is 0 Å². The second-order valence-corrected chi connectivity index (χ2v) is 6.48.